The predicted molar refractivity (Wildman–Crippen MR) is 79.7 cm³/mol. The maximum atomic E-state index is 12.1. The summed E-state index contributed by atoms with van der Waals surface area (Å²) in [5.41, 5.74) is 1.10. The molecule has 4 heteroatoms. The van der Waals surface area contributed by atoms with Gasteiger partial charge in [0.15, 0.2) is 0 Å². The first-order valence-corrected chi connectivity index (χ1v) is 7.37. The third kappa shape index (κ3) is 4.23. The molecule has 1 aliphatic rings. The Bertz CT molecular complexity index is 431. The standard InChI is InChI=1S/C16H24N2O2/c1-3-20-15-8-6-13(7-9-15)11-17-16(19)14-5-4-10-18(2)12-14/h6-9,14H,3-5,10-12H2,1-2H3,(H,17,19)/t14-/m1/s1. The van der Waals surface area contributed by atoms with Crippen LogP contribution in [0.15, 0.2) is 24.3 Å². The molecule has 1 aliphatic heterocycles. The Labute approximate surface area is 121 Å². The van der Waals surface area contributed by atoms with E-state index in [4.69, 9.17) is 4.74 Å². The summed E-state index contributed by atoms with van der Waals surface area (Å²) < 4.78 is 5.40. The Morgan fingerprint density at radius 1 is 1.40 bits per heavy atom. The van der Waals surface area contributed by atoms with Gasteiger partial charge in [-0.05, 0) is 51.1 Å². The van der Waals surface area contributed by atoms with Crippen LogP contribution in [0.4, 0.5) is 0 Å². The smallest absolute Gasteiger partial charge is 0.224 e. The van der Waals surface area contributed by atoms with Gasteiger partial charge in [-0.2, -0.15) is 0 Å². The van der Waals surface area contributed by atoms with Gasteiger partial charge in [0.1, 0.15) is 5.75 Å². The van der Waals surface area contributed by atoms with E-state index in [1.807, 2.05) is 31.2 Å². The fourth-order valence-electron chi connectivity index (χ4n) is 2.58. The number of hydrogen-bond donors (Lipinski definition) is 1. The third-order valence-corrected chi connectivity index (χ3v) is 3.70. The first kappa shape index (κ1) is 14.9. The fourth-order valence-corrected chi connectivity index (χ4v) is 2.58. The quantitative estimate of drug-likeness (QED) is 0.895. The maximum Gasteiger partial charge on any atom is 0.224 e. The molecule has 20 heavy (non-hydrogen) atoms. The number of benzene rings is 1. The predicted octanol–water partition coefficient (Wildman–Crippen LogP) is 2.04. The zero-order chi connectivity index (χ0) is 14.4. The van der Waals surface area contributed by atoms with Crippen LogP contribution in [-0.4, -0.2) is 37.6 Å². The van der Waals surface area contributed by atoms with Crippen molar-refractivity contribution < 1.29 is 9.53 Å². The molecule has 0 aromatic heterocycles. The van der Waals surface area contributed by atoms with Gasteiger partial charge in [-0.15, -0.1) is 0 Å². The summed E-state index contributed by atoms with van der Waals surface area (Å²) in [6, 6.07) is 7.88. The van der Waals surface area contributed by atoms with Gasteiger partial charge in [-0.1, -0.05) is 12.1 Å². The molecule has 0 unspecified atom stereocenters. The molecule has 1 amide bonds. The molecule has 110 valence electrons. The second kappa shape index (κ2) is 7.29. The number of piperidine rings is 1. The van der Waals surface area contributed by atoms with Gasteiger partial charge in [0.25, 0.3) is 0 Å². The SMILES string of the molecule is CCOc1ccc(CNC(=O)[C@@H]2CCCN(C)C2)cc1. The summed E-state index contributed by atoms with van der Waals surface area (Å²) in [4.78, 5) is 14.4. The molecule has 4 nitrogen and oxygen atoms in total. The minimum atomic E-state index is 0.136. The number of rotatable bonds is 5. The van der Waals surface area contributed by atoms with Crippen LogP contribution in [0, 0.1) is 5.92 Å². The van der Waals surface area contributed by atoms with Gasteiger partial charge in [-0.3, -0.25) is 4.79 Å². The molecule has 1 N–H and O–H groups in total. The lowest BCUT2D eigenvalue weighted by atomic mass is 9.97. The molecule has 0 saturated carbocycles. The monoisotopic (exact) mass is 276 g/mol. The van der Waals surface area contributed by atoms with Crippen LogP contribution in [-0.2, 0) is 11.3 Å². The largest absolute Gasteiger partial charge is 0.494 e. The Hall–Kier alpha value is -1.55. The highest BCUT2D eigenvalue weighted by Crippen LogP contribution is 2.16. The minimum Gasteiger partial charge on any atom is -0.494 e. The first-order valence-electron chi connectivity index (χ1n) is 7.37. The first-order chi connectivity index (χ1) is 9.69. The van der Waals surface area contributed by atoms with Gasteiger partial charge >= 0.3 is 0 Å². The van der Waals surface area contributed by atoms with Gasteiger partial charge < -0.3 is 15.0 Å². The molecule has 0 radical (unpaired) electrons. The summed E-state index contributed by atoms with van der Waals surface area (Å²) >= 11 is 0. The van der Waals surface area contributed by atoms with Crippen LogP contribution in [0.3, 0.4) is 0 Å². The molecule has 1 saturated heterocycles. The van der Waals surface area contributed by atoms with Crippen LogP contribution >= 0.6 is 0 Å². The molecule has 0 spiro atoms. The normalized spacial score (nSPS) is 19.6. The molecule has 1 aromatic carbocycles. The van der Waals surface area contributed by atoms with Crippen LogP contribution in [0.1, 0.15) is 25.3 Å². The zero-order valence-corrected chi connectivity index (χ0v) is 12.4. The summed E-state index contributed by atoms with van der Waals surface area (Å²) in [6.45, 7) is 5.20. The Balaban J connectivity index is 1.80. The van der Waals surface area contributed by atoms with E-state index in [0.29, 0.717) is 13.2 Å². The lowest BCUT2D eigenvalue weighted by Crippen LogP contribution is -2.41. The average molecular weight is 276 g/mol. The lowest BCUT2D eigenvalue weighted by Gasteiger charge is -2.28. The number of hydrogen-bond acceptors (Lipinski definition) is 3. The van der Waals surface area contributed by atoms with Crippen molar-refractivity contribution in [1.29, 1.82) is 0 Å². The molecule has 1 fully saturated rings. The number of carbonyl (C=O) groups is 1. The van der Waals surface area contributed by atoms with E-state index in [1.54, 1.807) is 0 Å². The Morgan fingerprint density at radius 3 is 2.80 bits per heavy atom. The second-order valence-electron chi connectivity index (χ2n) is 5.40. The average Bonchev–Trinajstić information content (AvgIpc) is 2.46. The number of amides is 1. The van der Waals surface area contributed by atoms with E-state index in [0.717, 1.165) is 37.2 Å². The van der Waals surface area contributed by atoms with Crippen molar-refractivity contribution in [2.75, 3.05) is 26.7 Å². The van der Waals surface area contributed by atoms with Crippen molar-refractivity contribution in [2.24, 2.45) is 5.92 Å². The van der Waals surface area contributed by atoms with Crippen molar-refractivity contribution in [2.45, 2.75) is 26.3 Å². The highest BCUT2D eigenvalue weighted by Gasteiger charge is 2.23. The number of ether oxygens (including phenoxy) is 1. The van der Waals surface area contributed by atoms with Crippen molar-refractivity contribution >= 4 is 5.91 Å². The Morgan fingerprint density at radius 2 is 2.15 bits per heavy atom. The van der Waals surface area contributed by atoms with E-state index >= 15 is 0 Å². The number of carbonyl (C=O) groups excluding carboxylic acids is 1. The fraction of sp³-hybridized carbons (Fsp3) is 0.562. The highest BCUT2D eigenvalue weighted by molar-refractivity contribution is 5.78. The summed E-state index contributed by atoms with van der Waals surface area (Å²) in [5.74, 6) is 1.18. The van der Waals surface area contributed by atoms with E-state index in [2.05, 4.69) is 17.3 Å². The molecular weight excluding hydrogens is 252 g/mol. The molecule has 1 aromatic rings. The van der Waals surface area contributed by atoms with Gasteiger partial charge in [-0.25, -0.2) is 0 Å². The zero-order valence-electron chi connectivity index (χ0n) is 12.4. The van der Waals surface area contributed by atoms with E-state index < -0.39 is 0 Å². The summed E-state index contributed by atoms with van der Waals surface area (Å²) in [5, 5.41) is 3.03. The molecular formula is C16H24N2O2. The molecule has 0 bridgehead atoms. The van der Waals surface area contributed by atoms with Crippen LogP contribution < -0.4 is 10.1 Å². The third-order valence-electron chi connectivity index (χ3n) is 3.70. The van der Waals surface area contributed by atoms with Crippen molar-refractivity contribution in [3.63, 3.8) is 0 Å². The van der Waals surface area contributed by atoms with E-state index in [1.165, 1.54) is 0 Å². The lowest BCUT2D eigenvalue weighted by molar-refractivity contribution is -0.126. The number of likely N-dealkylation sites (tertiary alicyclic amines) is 1. The highest BCUT2D eigenvalue weighted by atomic mass is 16.5. The van der Waals surface area contributed by atoms with Gasteiger partial charge in [0.2, 0.25) is 5.91 Å². The van der Waals surface area contributed by atoms with Crippen LogP contribution in [0.25, 0.3) is 0 Å². The molecule has 1 heterocycles. The van der Waals surface area contributed by atoms with Crippen LogP contribution in [0.2, 0.25) is 0 Å². The topological polar surface area (TPSA) is 41.6 Å². The summed E-state index contributed by atoms with van der Waals surface area (Å²) in [6.07, 6.45) is 2.11. The van der Waals surface area contributed by atoms with Crippen molar-refractivity contribution in [3.05, 3.63) is 29.8 Å². The van der Waals surface area contributed by atoms with Crippen molar-refractivity contribution in [3.8, 4) is 5.75 Å². The molecule has 0 aliphatic carbocycles. The van der Waals surface area contributed by atoms with E-state index in [9.17, 15) is 4.79 Å². The Kier molecular flexibility index (Phi) is 5.41. The van der Waals surface area contributed by atoms with Crippen LogP contribution in [0.5, 0.6) is 5.75 Å². The van der Waals surface area contributed by atoms with Gasteiger partial charge in [0, 0.05) is 13.1 Å². The van der Waals surface area contributed by atoms with Crippen molar-refractivity contribution in [1.82, 2.24) is 10.2 Å². The summed E-state index contributed by atoms with van der Waals surface area (Å²) in [7, 11) is 2.08. The molecule has 1 atom stereocenters. The minimum absolute atomic E-state index is 0.136. The maximum absolute atomic E-state index is 12.1. The van der Waals surface area contributed by atoms with Gasteiger partial charge in [0.05, 0.1) is 12.5 Å². The number of nitrogens with zero attached hydrogens (tertiary/aromatic N) is 1. The van der Waals surface area contributed by atoms with E-state index in [-0.39, 0.29) is 11.8 Å². The second-order valence-corrected chi connectivity index (χ2v) is 5.40. The number of nitrogens with one attached hydrogen (secondary N) is 1. The molecule has 2 rings (SSSR count).